The number of aryl methyl sites for hydroxylation is 1. The summed E-state index contributed by atoms with van der Waals surface area (Å²) in [5.41, 5.74) is 2.79. The number of anilines is 1. The Morgan fingerprint density at radius 3 is 2.76 bits per heavy atom. The van der Waals surface area contributed by atoms with Gasteiger partial charge in [-0.15, -0.1) is 16.4 Å². The van der Waals surface area contributed by atoms with Gasteiger partial charge in [0.1, 0.15) is 18.0 Å². The van der Waals surface area contributed by atoms with Crippen molar-refractivity contribution in [1.82, 2.24) is 14.6 Å². The number of fused-ring (bicyclic) bond motifs is 1. The molecule has 1 unspecified atom stereocenters. The van der Waals surface area contributed by atoms with Gasteiger partial charge in [0, 0.05) is 10.9 Å². The maximum Gasteiger partial charge on any atom is 0.270 e. The van der Waals surface area contributed by atoms with Crippen molar-refractivity contribution in [2.75, 3.05) is 11.9 Å². The second-order valence-corrected chi connectivity index (χ2v) is 9.07. The lowest BCUT2D eigenvalue weighted by Gasteiger charge is -2.25. The molecule has 11 heteroatoms. The SMILES string of the molecule is Cc1snnc1C(=NOCc1csc(NC(=O)C2COc3ccccc3O2)n1)c1ccccc1. The monoisotopic (exact) mass is 493 g/mol. The summed E-state index contributed by atoms with van der Waals surface area (Å²) in [6.45, 7) is 2.20. The number of rotatable bonds is 7. The van der Waals surface area contributed by atoms with E-state index in [0.717, 1.165) is 10.4 Å². The molecule has 0 saturated heterocycles. The summed E-state index contributed by atoms with van der Waals surface area (Å²) in [5, 5.41) is 13.5. The number of thiazole rings is 1. The third-order valence-electron chi connectivity index (χ3n) is 4.87. The predicted octanol–water partition coefficient (Wildman–Crippen LogP) is 4.05. The normalized spacial score (nSPS) is 15.1. The average molecular weight is 494 g/mol. The lowest BCUT2D eigenvalue weighted by atomic mass is 10.1. The minimum absolute atomic E-state index is 0.131. The molecule has 1 aliphatic heterocycles. The fourth-order valence-electron chi connectivity index (χ4n) is 3.21. The smallest absolute Gasteiger partial charge is 0.270 e. The van der Waals surface area contributed by atoms with E-state index in [0.29, 0.717) is 33.7 Å². The Kier molecular flexibility index (Phi) is 6.45. The maximum absolute atomic E-state index is 12.6. The molecule has 1 aliphatic rings. The van der Waals surface area contributed by atoms with Crippen LogP contribution in [0.15, 0.2) is 65.1 Å². The van der Waals surface area contributed by atoms with Crippen LogP contribution in [0.5, 0.6) is 11.5 Å². The lowest BCUT2D eigenvalue weighted by Crippen LogP contribution is -2.40. The molecule has 34 heavy (non-hydrogen) atoms. The zero-order chi connectivity index (χ0) is 23.3. The number of amides is 1. The van der Waals surface area contributed by atoms with Crippen molar-refractivity contribution >= 4 is 39.6 Å². The molecule has 2 aromatic carbocycles. The van der Waals surface area contributed by atoms with Gasteiger partial charge in [0.2, 0.25) is 6.10 Å². The Morgan fingerprint density at radius 1 is 1.18 bits per heavy atom. The summed E-state index contributed by atoms with van der Waals surface area (Å²) < 4.78 is 15.3. The van der Waals surface area contributed by atoms with Crippen molar-refractivity contribution in [2.45, 2.75) is 19.6 Å². The molecule has 4 aromatic rings. The number of para-hydroxylation sites is 2. The van der Waals surface area contributed by atoms with Gasteiger partial charge in [0.15, 0.2) is 23.2 Å². The molecule has 0 aliphatic carbocycles. The third kappa shape index (κ3) is 4.90. The van der Waals surface area contributed by atoms with Gasteiger partial charge in [-0.2, -0.15) is 0 Å². The standard InChI is InChI=1S/C23H19N5O4S2/c1-14-20(26-28-34-14)21(15-7-3-2-4-8-15)27-31-11-16-13-33-23(24-16)25-22(29)19-12-30-17-9-5-6-10-18(17)32-19/h2-10,13,19H,11-12H2,1H3,(H,24,25,29). The van der Waals surface area contributed by atoms with Crippen LogP contribution in [-0.2, 0) is 16.2 Å². The van der Waals surface area contributed by atoms with E-state index in [-0.39, 0.29) is 19.1 Å². The molecule has 0 fully saturated rings. The second-order valence-electron chi connectivity index (χ2n) is 7.25. The predicted molar refractivity (Wildman–Crippen MR) is 129 cm³/mol. The van der Waals surface area contributed by atoms with Gasteiger partial charge in [-0.3, -0.25) is 10.1 Å². The highest BCUT2D eigenvalue weighted by Gasteiger charge is 2.28. The van der Waals surface area contributed by atoms with Crippen molar-refractivity contribution in [2.24, 2.45) is 5.16 Å². The van der Waals surface area contributed by atoms with E-state index >= 15 is 0 Å². The number of aromatic nitrogens is 3. The van der Waals surface area contributed by atoms with E-state index in [9.17, 15) is 4.79 Å². The van der Waals surface area contributed by atoms with Crippen LogP contribution in [0.3, 0.4) is 0 Å². The topological polar surface area (TPSA) is 108 Å². The Balaban J connectivity index is 1.22. The molecular weight excluding hydrogens is 474 g/mol. The lowest BCUT2D eigenvalue weighted by molar-refractivity contribution is -0.125. The van der Waals surface area contributed by atoms with Gasteiger partial charge in [-0.25, -0.2) is 4.98 Å². The van der Waals surface area contributed by atoms with Crippen molar-refractivity contribution in [3.8, 4) is 11.5 Å². The van der Waals surface area contributed by atoms with Gasteiger partial charge in [0.05, 0.1) is 10.6 Å². The number of nitrogens with zero attached hydrogens (tertiary/aromatic N) is 4. The maximum atomic E-state index is 12.6. The first-order valence-corrected chi connectivity index (χ1v) is 12.0. The summed E-state index contributed by atoms with van der Waals surface area (Å²) in [6, 6.07) is 16.9. The molecule has 0 saturated carbocycles. The van der Waals surface area contributed by atoms with Gasteiger partial charge in [0.25, 0.3) is 5.91 Å². The molecule has 2 aromatic heterocycles. The van der Waals surface area contributed by atoms with Crippen molar-refractivity contribution in [3.63, 3.8) is 0 Å². The number of benzene rings is 2. The zero-order valence-electron chi connectivity index (χ0n) is 18.0. The molecule has 0 spiro atoms. The Labute approximate surface area is 203 Å². The molecular formula is C23H19N5O4S2. The molecule has 0 bridgehead atoms. The number of carbonyl (C=O) groups excluding carboxylic acids is 1. The summed E-state index contributed by atoms with van der Waals surface area (Å²) in [5.74, 6) is 0.839. The summed E-state index contributed by atoms with van der Waals surface area (Å²) in [6.07, 6.45) is -0.758. The molecule has 3 heterocycles. The number of hydrogen-bond donors (Lipinski definition) is 1. The number of carbonyl (C=O) groups is 1. The Bertz CT molecular complexity index is 1320. The van der Waals surface area contributed by atoms with Crippen molar-refractivity contribution < 1.29 is 19.1 Å². The van der Waals surface area contributed by atoms with Crippen LogP contribution in [0, 0.1) is 6.92 Å². The van der Waals surface area contributed by atoms with Crippen LogP contribution in [-0.4, -0.2) is 38.9 Å². The van der Waals surface area contributed by atoms with Crippen LogP contribution >= 0.6 is 22.9 Å². The molecule has 1 amide bonds. The van der Waals surface area contributed by atoms with Gasteiger partial charge in [-0.05, 0) is 30.6 Å². The first-order valence-electron chi connectivity index (χ1n) is 10.4. The van der Waals surface area contributed by atoms with Gasteiger partial charge < -0.3 is 14.3 Å². The molecule has 172 valence electrons. The van der Waals surface area contributed by atoms with E-state index in [1.165, 1.54) is 22.9 Å². The van der Waals surface area contributed by atoms with Crippen LogP contribution in [0.1, 0.15) is 21.8 Å². The number of hydrogen-bond acceptors (Lipinski definition) is 10. The quantitative estimate of drug-likeness (QED) is 0.306. The highest BCUT2D eigenvalue weighted by molar-refractivity contribution is 7.13. The molecule has 1 atom stereocenters. The van der Waals surface area contributed by atoms with Crippen molar-refractivity contribution in [3.05, 3.63) is 81.8 Å². The van der Waals surface area contributed by atoms with Gasteiger partial charge in [-0.1, -0.05) is 52.1 Å². The summed E-state index contributed by atoms with van der Waals surface area (Å²) >= 11 is 2.60. The van der Waals surface area contributed by atoms with Crippen LogP contribution in [0.4, 0.5) is 5.13 Å². The highest BCUT2D eigenvalue weighted by atomic mass is 32.1. The van der Waals surface area contributed by atoms with E-state index in [4.69, 9.17) is 14.3 Å². The first kappa shape index (κ1) is 22.0. The average Bonchev–Trinajstić information content (AvgIpc) is 3.50. The highest BCUT2D eigenvalue weighted by Crippen LogP contribution is 2.31. The minimum Gasteiger partial charge on any atom is -0.485 e. The first-order chi connectivity index (χ1) is 16.7. The fraction of sp³-hybridized carbons (Fsp3) is 0.174. The van der Waals surface area contributed by atoms with Crippen LogP contribution in [0.2, 0.25) is 0 Å². The summed E-state index contributed by atoms with van der Waals surface area (Å²) in [4.78, 5) is 23.6. The van der Waals surface area contributed by atoms with Gasteiger partial charge >= 0.3 is 0 Å². The summed E-state index contributed by atoms with van der Waals surface area (Å²) in [7, 11) is 0. The molecule has 0 radical (unpaired) electrons. The third-order valence-corrected chi connectivity index (χ3v) is 6.31. The van der Waals surface area contributed by atoms with Crippen molar-refractivity contribution in [1.29, 1.82) is 0 Å². The van der Waals surface area contributed by atoms with E-state index in [1.807, 2.05) is 49.4 Å². The fourth-order valence-corrected chi connectivity index (χ4v) is 4.37. The second kappa shape index (κ2) is 9.98. The van der Waals surface area contributed by atoms with Crippen LogP contribution in [0.25, 0.3) is 0 Å². The molecule has 9 nitrogen and oxygen atoms in total. The Morgan fingerprint density at radius 2 is 1.97 bits per heavy atom. The van der Waals surface area contributed by atoms with E-state index < -0.39 is 6.10 Å². The number of nitrogens with one attached hydrogen (secondary N) is 1. The Hall–Kier alpha value is -3.83. The molecule has 1 N–H and O–H groups in total. The van der Waals surface area contributed by atoms with E-state index in [2.05, 4.69) is 25.0 Å². The number of ether oxygens (including phenoxy) is 2. The number of oxime groups is 1. The zero-order valence-corrected chi connectivity index (χ0v) is 19.6. The minimum atomic E-state index is -0.758. The van der Waals surface area contributed by atoms with Crippen LogP contribution < -0.4 is 14.8 Å². The molecule has 5 rings (SSSR count). The largest absolute Gasteiger partial charge is 0.485 e. The van der Waals surface area contributed by atoms with E-state index in [1.54, 1.807) is 17.5 Å².